The SMILES string of the molecule is COc1ccc(CCCOc2c(OC)c(/C=N/N)cc3ccccc23)c(OC)c1. The third-order valence-corrected chi connectivity index (χ3v) is 4.73. The van der Waals surface area contributed by atoms with Crippen molar-refractivity contribution >= 4 is 17.0 Å². The van der Waals surface area contributed by atoms with Crippen molar-refractivity contribution in [3.63, 3.8) is 0 Å². The molecule has 0 unspecified atom stereocenters. The number of hydrogen-bond acceptors (Lipinski definition) is 6. The van der Waals surface area contributed by atoms with Gasteiger partial charge in [0.05, 0.1) is 34.2 Å². The van der Waals surface area contributed by atoms with E-state index in [-0.39, 0.29) is 0 Å². The number of hydrogen-bond donors (Lipinski definition) is 1. The van der Waals surface area contributed by atoms with E-state index in [4.69, 9.17) is 24.8 Å². The topological polar surface area (TPSA) is 75.3 Å². The first-order chi connectivity index (χ1) is 14.2. The smallest absolute Gasteiger partial charge is 0.170 e. The minimum Gasteiger partial charge on any atom is -0.497 e. The van der Waals surface area contributed by atoms with Gasteiger partial charge in [-0.3, -0.25) is 0 Å². The molecule has 3 aromatic rings. The Morgan fingerprint density at radius 2 is 1.76 bits per heavy atom. The van der Waals surface area contributed by atoms with E-state index in [0.29, 0.717) is 18.1 Å². The highest BCUT2D eigenvalue weighted by Gasteiger charge is 2.15. The van der Waals surface area contributed by atoms with Crippen molar-refractivity contribution in [2.24, 2.45) is 10.9 Å². The van der Waals surface area contributed by atoms with Gasteiger partial charge >= 0.3 is 0 Å². The second-order valence-corrected chi connectivity index (χ2v) is 6.46. The number of nitrogens with zero attached hydrogens (tertiary/aromatic N) is 1. The van der Waals surface area contributed by atoms with Crippen LogP contribution in [0.3, 0.4) is 0 Å². The highest BCUT2D eigenvalue weighted by Crippen LogP contribution is 2.38. The molecule has 0 amide bonds. The molecule has 3 rings (SSSR count). The van der Waals surface area contributed by atoms with Crippen LogP contribution in [0.4, 0.5) is 0 Å². The molecule has 0 aliphatic carbocycles. The second-order valence-electron chi connectivity index (χ2n) is 6.46. The maximum absolute atomic E-state index is 6.18. The van der Waals surface area contributed by atoms with Gasteiger partial charge in [0, 0.05) is 17.0 Å². The van der Waals surface area contributed by atoms with Gasteiger partial charge in [-0.05, 0) is 35.9 Å². The van der Waals surface area contributed by atoms with Gasteiger partial charge in [0.1, 0.15) is 11.5 Å². The summed E-state index contributed by atoms with van der Waals surface area (Å²) < 4.78 is 22.5. The lowest BCUT2D eigenvalue weighted by atomic mass is 10.0. The van der Waals surface area contributed by atoms with Crippen LogP contribution < -0.4 is 24.8 Å². The first-order valence-corrected chi connectivity index (χ1v) is 9.38. The Kier molecular flexibility index (Phi) is 6.79. The molecular weight excluding hydrogens is 368 g/mol. The maximum Gasteiger partial charge on any atom is 0.170 e. The van der Waals surface area contributed by atoms with E-state index in [9.17, 15) is 0 Å². The standard InChI is InChI=1S/C23H26N2O4/c1-26-19-11-10-16(21(14-19)27-2)8-6-12-29-23-20-9-5-4-7-17(20)13-18(15-25-24)22(23)28-3/h4-5,7,9-11,13-15H,6,8,12,24H2,1-3H3/b25-15+. The number of benzene rings is 3. The van der Waals surface area contributed by atoms with Crippen molar-refractivity contribution in [1.29, 1.82) is 0 Å². The first-order valence-electron chi connectivity index (χ1n) is 9.38. The van der Waals surface area contributed by atoms with E-state index in [1.165, 1.54) is 0 Å². The molecule has 0 atom stereocenters. The van der Waals surface area contributed by atoms with Crippen molar-refractivity contribution in [3.8, 4) is 23.0 Å². The van der Waals surface area contributed by atoms with Crippen LogP contribution in [0, 0.1) is 0 Å². The number of rotatable bonds is 9. The number of nitrogens with two attached hydrogens (primary N) is 1. The quantitative estimate of drug-likeness (QED) is 0.255. The molecule has 0 heterocycles. The zero-order chi connectivity index (χ0) is 20.6. The molecule has 6 nitrogen and oxygen atoms in total. The van der Waals surface area contributed by atoms with Gasteiger partial charge in [0.2, 0.25) is 0 Å². The number of ether oxygens (including phenoxy) is 4. The van der Waals surface area contributed by atoms with Gasteiger partial charge in [-0.15, -0.1) is 0 Å². The summed E-state index contributed by atoms with van der Waals surface area (Å²) in [6.45, 7) is 0.527. The van der Waals surface area contributed by atoms with Crippen LogP contribution in [0.2, 0.25) is 0 Å². The molecule has 0 fully saturated rings. The predicted octanol–water partition coefficient (Wildman–Crippen LogP) is 4.17. The van der Waals surface area contributed by atoms with Crippen molar-refractivity contribution in [2.75, 3.05) is 27.9 Å². The molecule has 6 heteroatoms. The molecule has 0 spiro atoms. The number of methoxy groups -OCH3 is 3. The molecule has 29 heavy (non-hydrogen) atoms. The zero-order valence-electron chi connectivity index (χ0n) is 17.0. The average molecular weight is 394 g/mol. The monoisotopic (exact) mass is 394 g/mol. The molecule has 0 aromatic heterocycles. The van der Waals surface area contributed by atoms with Gasteiger partial charge < -0.3 is 24.8 Å². The van der Waals surface area contributed by atoms with Crippen molar-refractivity contribution in [2.45, 2.75) is 12.8 Å². The molecule has 152 valence electrons. The van der Waals surface area contributed by atoms with E-state index in [1.54, 1.807) is 27.5 Å². The Balaban J connectivity index is 1.78. The van der Waals surface area contributed by atoms with Gasteiger partial charge in [0.25, 0.3) is 0 Å². The van der Waals surface area contributed by atoms with Crippen molar-refractivity contribution in [1.82, 2.24) is 0 Å². The average Bonchev–Trinajstić information content (AvgIpc) is 2.76. The zero-order valence-corrected chi connectivity index (χ0v) is 17.0. The van der Waals surface area contributed by atoms with E-state index >= 15 is 0 Å². The summed E-state index contributed by atoms with van der Waals surface area (Å²) in [5.74, 6) is 8.27. The lowest BCUT2D eigenvalue weighted by molar-refractivity contribution is 0.292. The largest absolute Gasteiger partial charge is 0.497 e. The van der Waals surface area contributed by atoms with Crippen LogP contribution in [0.25, 0.3) is 10.8 Å². The summed E-state index contributed by atoms with van der Waals surface area (Å²) in [7, 11) is 4.92. The summed E-state index contributed by atoms with van der Waals surface area (Å²) in [4.78, 5) is 0. The molecule has 0 saturated heterocycles. The number of hydrazone groups is 1. The minimum atomic E-state index is 0.527. The van der Waals surface area contributed by atoms with Crippen LogP contribution in [0.15, 0.2) is 53.6 Å². The van der Waals surface area contributed by atoms with Gasteiger partial charge in [0.15, 0.2) is 11.5 Å². The lowest BCUT2D eigenvalue weighted by Crippen LogP contribution is -2.04. The molecule has 0 aliphatic heterocycles. The van der Waals surface area contributed by atoms with Gasteiger partial charge in [-0.25, -0.2) is 0 Å². The fourth-order valence-corrected chi connectivity index (χ4v) is 3.34. The highest BCUT2D eigenvalue weighted by atomic mass is 16.5. The Hall–Kier alpha value is -3.41. The van der Waals surface area contributed by atoms with Crippen LogP contribution in [0.5, 0.6) is 23.0 Å². The van der Waals surface area contributed by atoms with Crippen molar-refractivity contribution < 1.29 is 18.9 Å². The molecule has 2 N–H and O–H groups in total. The first kappa shape index (κ1) is 20.3. The highest BCUT2D eigenvalue weighted by molar-refractivity contribution is 5.98. The summed E-state index contributed by atoms with van der Waals surface area (Å²) in [6, 6.07) is 15.8. The molecule has 0 radical (unpaired) electrons. The van der Waals surface area contributed by atoms with E-state index in [2.05, 4.69) is 5.10 Å². The summed E-state index contributed by atoms with van der Waals surface area (Å²) in [6.07, 6.45) is 3.20. The fourth-order valence-electron chi connectivity index (χ4n) is 3.34. The molecule has 0 aliphatic rings. The van der Waals surface area contributed by atoms with Crippen LogP contribution in [-0.4, -0.2) is 34.2 Å². The Morgan fingerprint density at radius 1 is 0.931 bits per heavy atom. The Bertz CT molecular complexity index is 1000. The third kappa shape index (κ3) is 4.54. The Morgan fingerprint density at radius 3 is 2.48 bits per heavy atom. The fraction of sp³-hybridized carbons (Fsp3) is 0.261. The lowest BCUT2D eigenvalue weighted by Gasteiger charge is -2.16. The van der Waals surface area contributed by atoms with Gasteiger partial charge in [-0.2, -0.15) is 5.10 Å². The predicted molar refractivity (Wildman–Crippen MR) is 116 cm³/mol. The summed E-state index contributed by atoms with van der Waals surface area (Å²) in [5, 5.41) is 5.67. The number of fused-ring (bicyclic) bond motifs is 1. The van der Waals surface area contributed by atoms with E-state index in [0.717, 1.165) is 46.2 Å². The molecule has 0 bridgehead atoms. The van der Waals surface area contributed by atoms with Gasteiger partial charge in [-0.1, -0.05) is 30.3 Å². The van der Waals surface area contributed by atoms with E-state index in [1.807, 2.05) is 48.5 Å². The molecule has 0 saturated carbocycles. The minimum absolute atomic E-state index is 0.527. The van der Waals surface area contributed by atoms with Crippen molar-refractivity contribution in [3.05, 3.63) is 59.7 Å². The number of aryl methyl sites for hydroxylation is 1. The van der Waals surface area contributed by atoms with Crippen LogP contribution in [0.1, 0.15) is 17.5 Å². The summed E-state index contributed by atoms with van der Waals surface area (Å²) >= 11 is 0. The normalized spacial score (nSPS) is 11.0. The maximum atomic E-state index is 6.18. The molecule has 3 aromatic carbocycles. The van der Waals surface area contributed by atoms with E-state index < -0.39 is 0 Å². The molecular formula is C23H26N2O4. The third-order valence-electron chi connectivity index (χ3n) is 4.73. The van der Waals surface area contributed by atoms with Crippen LogP contribution >= 0.6 is 0 Å². The Labute approximate surface area is 170 Å². The summed E-state index contributed by atoms with van der Waals surface area (Å²) in [5.41, 5.74) is 1.89. The van der Waals surface area contributed by atoms with Crippen LogP contribution in [-0.2, 0) is 6.42 Å². The second kappa shape index (κ2) is 9.68.